The van der Waals surface area contributed by atoms with Crippen molar-refractivity contribution in [2.45, 2.75) is 32.6 Å². The number of nitrogens with one attached hydrogen (secondary N) is 1. The number of rotatable bonds is 9. The van der Waals surface area contributed by atoms with Crippen LogP contribution in [0.15, 0.2) is 84.9 Å². The Kier molecular flexibility index (Phi) is 7.78. The fraction of sp³-hybridized carbons (Fsp3) is 0.231. The molecule has 4 nitrogen and oxygen atoms in total. The van der Waals surface area contributed by atoms with E-state index >= 15 is 0 Å². The van der Waals surface area contributed by atoms with E-state index in [-0.39, 0.29) is 11.8 Å². The van der Waals surface area contributed by atoms with Crippen LogP contribution in [-0.2, 0) is 22.4 Å². The lowest BCUT2D eigenvalue weighted by atomic mass is 10.1. The van der Waals surface area contributed by atoms with Gasteiger partial charge in [-0.1, -0.05) is 60.7 Å². The number of carbonyl (C=O) groups is 2. The zero-order valence-corrected chi connectivity index (χ0v) is 17.4. The average Bonchev–Trinajstić information content (AvgIpc) is 2.77. The van der Waals surface area contributed by atoms with Crippen molar-refractivity contribution in [2.24, 2.45) is 0 Å². The fourth-order valence-corrected chi connectivity index (χ4v) is 3.41. The molecule has 0 saturated heterocycles. The highest BCUT2D eigenvalue weighted by Crippen LogP contribution is 2.16. The van der Waals surface area contributed by atoms with Gasteiger partial charge in [0.2, 0.25) is 11.8 Å². The molecule has 0 aliphatic rings. The highest BCUT2D eigenvalue weighted by Gasteiger charge is 2.14. The van der Waals surface area contributed by atoms with Crippen LogP contribution in [0.3, 0.4) is 0 Å². The number of carbonyl (C=O) groups excluding carboxylic acids is 2. The molecule has 3 aromatic carbocycles. The first-order valence-electron chi connectivity index (χ1n) is 10.4. The lowest BCUT2D eigenvalue weighted by Gasteiger charge is -2.21. The molecule has 0 aliphatic carbocycles. The summed E-state index contributed by atoms with van der Waals surface area (Å²) < 4.78 is 0. The number of aryl methyl sites for hydroxylation is 1. The topological polar surface area (TPSA) is 49.4 Å². The number of nitrogens with zero attached hydrogens (tertiary/aromatic N) is 1. The monoisotopic (exact) mass is 400 g/mol. The third-order valence-corrected chi connectivity index (χ3v) is 4.99. The number of anilines is 2. The standard InChI is InChI=1S/C26H28N2O2/c1-2-28(24-13-7-4-8-14-24)26(30)20-22-16-18-23(19-17-22)27-25(29)15-9-12-21-10-5-3-6-11-21/h3-8,10-11,13-14,16-19H,2,9,12,15,20H2,1H3,(H,27,29). The minimum atomic E-state index is 0.0102. The molecule has 0 heterocycles. The van der Waals surface area contributed by atoms with Crippen molar-refractivity contribution in [1.82, 2.24) is 0 Å². The Hall–Kier alpha value is -3.40. The van der Waals surface area contributed by atoms with Crippen LogP contribution in [0, 0.1) is 0 Å². The lowest BCUT2D eigenvalue weighted by molar-refractivity contribution is -0.118. The van der Waals surface area contributed by atoms with Gasteiger partial charge in [-0.25, -0.2) is 0 Å². The number of hydrogen-bond donors (Lipinski definition) is 1. The van der Waals surface area contributed by atoms with Gasteiger partial charge in [0.1, 0.15) is 0 Å². The van der Waals surface area contributed by atoms with Crippen molar-refractivity contribution in [3.63, 3.8) is 0 Å². The predicted octanol–water partition coefficient (Wildman–Crippen LogP) is 5.24. The summed E-state index contributed by atoms with van der Waals surface area (Å²) in [7, 11) is 0. The van der Waals surface area contributed by atoms with Gasteiger partial charge in [-0.2, -0.15) is 0 Å². The van der Waals surface area contributed by atoms with Crippen molar-refractivity contribution >= 4 is 23.2 Å². The molecule has 0 bridgehead atoms. The Morgan fingerprint density at radius 1 is 0.800 bits per heavy atom. The Morgan fingerprint density at radius 2 is 1.43 bits per heavy atom. The average molecular weight is 401 g/mol. The van der Waals surface area contributed by atoms with Crippen molar-refractivity contribution in [3.8, 4) is 0 Å². The molecule has 0 saturated carbocycles. The van der Waals surface area contributed by atoms with E-state index in [1.54, 1.807) is 4.90 Å². The maximum atomic E-state index is 12.7. The third kappa shape index (κ3) is 6.31. The van der Waals surface area contributed by atoms with Crippen LogP contribution in [0.4, 0.5) is 11.4 Å². The molecule has 0 spiro atoms. The fourth-order valence-electron chi connectivity index (χ4n) is 3.41. The molecule has 30 heavy (non-hydrogen) atoms. The molecule has 2 amide bonds. The van der Waals surface area contributed by atoms with Crippen LogP contribution in [-0.4, -0.2) is 18.4 Å². The number of para-hydroxylation sites is 1. The molecule has 3 aromatic rings. The molecule has 0 radical (unpaired) electrons. The van der Waals surface area contributed by atoms with Crippen molar-refractivity contribution in [3.05, 3.63) is 96.1 Å². The Balaban J connectivity index is 1.48. The number of hydrogen-bond acceptors (Lipinski definition) is 2. The minimum absolute atomic E-state index is 0.0102. The maximum Gasteiger partial charge on any atom is 0.231 e. The summed E-state index contributed by atoms with van der Waals surface area (Å²) in [5.41, 5.74) is 3.84. The SMILES string of the molecule is CCN(C(=O)Cc1ccc(NC(=O)CCCc2ccccc2)cc1)c1ccccc1. The van der Waals surface area contributed by atoms with Gasteiger partial charge in [-0.3, -0.25) is 9.59 Å². The molecule has 0 aliphatic heterocycles. The summed E-state index contributed by atoms with van der Waals surface area (Å²) in [6.07, 6.45) is 2.52. The van der Waals surface area contributed by atoms with E-state index in [0.717, 1.165) is 29.8 Å². The van der Waals surface area contributed by atoms with E-state index in [0.29, 0.717) is 19.4 Å². The quantitative estimate of drug-likeness (QED) is 0.534. The second kappa shape index (κ2) is 11.0. The summed E-state index contributed by atoms with van der Waals surface area (Å²) in [6, 6.07) is 27.4. The van der Waals surface area contributed by atoms with Crippen molar-refractivity contribution in [1.29, 1.82) is 0 Å². The molecule has 0 unspecified atom stereocenters. The first-order chi connectivity index (χ1) is 14.7. The van der Waals surface area contributed by atoms with Crippen LogP contribution < -0.4 is 10.2 Å². The van der Waals surface area contributed by atoms with E-state index in [1.165, 1.54) is 5.56 Å². The van der Waals surface area contributed by atoms with E-state index in [1.807, 2.05) is 79.7 Å². The summed E-state index contributed by atoms with van der Waals surface area (Å²) in [5.74, 6) is 0.0670. The van der Waals surface area contributed by atoms with Gasteiger partial charge in [0.05, 0.1) is 6.42 Å². The van der Waals surface area contributed by atoms with Crippen LogP contribution in [0.25, 0.3) is 0 Å². The van der Waals surface area contributed by atoms with Crippen LogP contribution >= 0.6 is 0 Å². The summed E-state index contributed by atoms with van der Waals surface area (Å²) in [6.45, 7) is 2.60. The molecular weight excluding hydrogens is 372 g/mol. The first kappa shape index (κ1) is 21.3. The van der Waals surface area contributed by atoms with Gasteiger partial charge in [-0.15, -0.1) is 0 Å². The predicted molar refractivity (Wildman–Crippen MR) is 123 cm³/mol. The first-order valence-corrected chi connectivity index (χ1v) is 10.4. The van der Waals surface area contributed by atoms with Crippen LogP contribution in [0.2, 0.25) is 0 Å². The smallest absolute Gasteiger partial charge is 0.231 e. The number of amides is 2. The Bertz CT molecular complexity index is 938. The van der Waals surface area contributed by atoms with Gasteiger partial charge in [0.25, 0.3) is 0 Å². The minimum Gasteiger partial charge on any atom is -0.326 e. The van der Waals surface area contributed by atoms with E-state index in [4.69, 9.17) is 0 Å². The van der Waals surface area contributed by atoms with E-state index < -0.39 is 0 Å². The molecule has 0 fully saturated rings. The van der Waals surface area contributed by atoms with Crippen LogP contribution in [0.5, 0.6) is 0 Å². The van der Waals surface area contributed by atoms with Gasteiger partial charge in [0.15, 0.2) is 0 Å². The number of likely N-dealkylation sites (N-methyl/N-ethyl adjacent to an activating group) is 1. The number of benzene rings is 3. The zero-order chi connectivity index (χ0) is 21.2. The van der Waals surface area contributed by atoms with Crippen molar-refractivity contribution < 1.29 is 9.59 Å². The van der Waals surface area contributed by atoms with Gasteiger partial charge >= 0.3 is 0 Å². The second-order valence-electron chi connectivity index (χ2n) is 7.23. The zero-order valence-electron chi connectivity index (χ0n) is 17.4. The molecule has 4 heteroatoms. The van der Waals surface area contributed by atoms with E-state index in [2.05, 4.69) is 17.4 Å². The molecule has 0 atom stereocenters. The highest BCUT2D eigenvalue weighted by molar-refractivity contribution is 5.95. The molecule has 0 aromatic heterocycles. The summed E-state index contributed by atoms with van der Waals surface area (Å²) in [5, 5.41) is 2.93. The van der Waals surface area contributed by atoms with Gasteiger partial charge < -0.3 is 10.2 Å². The molecule has 154 valence electrons. The van der Waals surface area contributed by atoms with Gasteiger partial charge in [0, 0.05) is 24.3 Å². The van der Waals surface area contributed by atoms with Gasteiger partial charge in [-0.05, 0) is 55.2 Å². The lowest BCUT2D eigenvalue weighted by Crippen LogP contribution is -2.31. The molecule has 1 N–H and O–H groups in total. The molecular formula is C26H28N2O2. The Morgan fingerprint density at radius 3 is 2.07 bits per heavy atom. The van der Waals surface area contributed by atoms with Crippen molar-refractivity contribution in [2.75, 3.05) is 16.8 Å². The molecule has 3 rings (SSSR count). The highest BCUT2D eigenvalue weighted by atomic mass is 16.2. The second-order valence-corrected chi connectivity index (χ2v) is 7.23. The Labute approximate surface area is 178 Å². The van der Waals surface area contributed by atoms with E-state index in [9.17, 15) is 9.59 Å². The summed E-state index contributed by atoms with van der Waals surface area (Å²) >= 11 is 0. The third-order valence-electron chi connectivity index (χ3n) is 4.99. The summed E-state index contributed by atoms with van der Waals surface area (Å²) in [4.78, 5) is 26.7. The normalized spacial score (nSPS) is 10.4. The largest absolute Gasteiger partial charge is 0.326 e. The maximum absolute atomic E-state index is 12.7. The van der Waals surface area contributed by atoms with Crippen LogP contribution in [0.1, 0.15) is 30.9 Å².